The van der Waals surface area contributed by atoms with Gasteiger partial charge in [-0.15, -0.1) is 0 Å². The van der Waals surface area contributed by atoms with Crippen molar-refractivity contribution in [2.75, 3.05) is 13.7 Å². The Morgan fingerprint density at radius 2 is 2.00 bits per heavy atom. The molecule has 3 rings (SSSR count). The maximum Gasteiger partial charge on any atom is 0.246 e. The van der Waals surface area contributed by atoms with E-state index in [-0.39, 0.29) is 16.9 Å². The first kappa shape index (κ1) is 16.0. The number of methoxy groups -OCH3 is 1. The highest BCUT2D eigenvalue weighted by atomic mass is 32.2. The van der Waals surface area contributed by atoms with Gasteiger partial charge in [-0.05, 0) is 43.9 Å². The van der Waals surface area contributed by atoms with Crippen molar-refractivity contribution in [3.8, 4) is 5.75 Å². The minimum atomic E-state index is -3.51. The van der Waals surface area contributed by atoms with Gasteiger partial charge in [-0.2, -0.15) is 9.40 Å². The molecule has 1 aromatic carbocycles. The third kappa shape index (κ3) is 2.86. The van der Waals surface area contributed by atoms with Gasteiger partial charge in [-0.25, -0.2) is 8.42 Å². The molecule has 0 saturated carbocycles. The number of ether oxygens (including phenoxy) is 1. The van der Waals surface area contributed by atoms with Gasteiger partial charge in [-0.3, -0.25) is 5.10 Å². The van der Waals surface area contributed by atoms with Crippen molar-refractivity contribution >= 4 is 10.0 Å². The second-order valence-electron chi connectivity index (χ2n) is 5.99. The van der Waals surface area contributed by atoms with Gasteiger partial charge in [-0.1, -0.05) is 12.1 Å². The van der Waals surface area contributed by atoms with E-state index in [4.69, 9.17) is 4.74 Å². The van der Waals surface area contributed by atoms with Crippen molar-refractivity contribution < 1.29 is 13.2 Å². The van der Waals surface area contributed by atoms with Gasteiger partial charge in [0.05, 0.1) is 19.0 Å². The Morgan fingerprint density at radius 3 is 2.57 bits per heavy atom. The molecule has 6 nitrogen and oxygen atoms in total. The zero-order chi connectivity index (χ0) is 16.6. The van der Waals surface area contributed by atoms with E-state index in [0.717, 1.165) is 17.7 Å². The van der Waals surface area contributed by atoms with Crippen LogP contribution in [0.2, 0.25) is 0 Å². The quantitative estimate of drug-likeness (QED) is 0.930. The lowest BCUT2D eigenvalue weighted by atomic mass is 9.97. The monoisotopic (exact) mass is 335 g/mol. The molecule has 1 fully saturated rings. The summed E-state index contributed by atoms with van der Waals surface area (Å²) in [6.07, 6.45) is 2.19. The smallest absolute Gasteiger partial charge is 0.246 e. The number of nitrogens with one attached hydrogen (secondary N) is 1. The van der Waals surface area contributed by atoms with E-state index in [1.54, 1.807) is 18.3 Å². The van der Waals surface area contributed by atoms with Gasteiger partial charge in [0.2, 0.25) is 10.0 Å². The lowest BCUT2D eigenvalue weighted by molar-refractivity contribution is 0.407. The molecular weight excluding hydrogens is 314 g/mol. The summed E-state index contributed by atoms with van der Waals surface area (Å²) in [4.78, 5) is 0.264. The summed E-state index contributed by atoms with van der Waals surface area (Å²) < 4.78 is 32.5. The normalized spacial score (nSPS) is 22.4. The van der Waals surface area contributed by atoms with Crippen LogP contribution < -0.4 is 4.74 Å². The summed E-state index contributed by atoms with van der Waals surface area (Å²) >= 11 is 0. The Labute approximate surface area is 136 Å². The number of hydrogen-bond donors (Lipinski definition) is 1. The number of H-pyrrole nitrogens is 1. The topological polar surface area (TPSA) is 75.3 Å². The van der Waals surface area contributed by atoms with Crippen LogP contribution in [0.25, 0.3) is 0 Å². The van der Waals surface area contributed by atoms with E-state index < -0.39 is 10.0 Å². The maximum atomic E-state index is 12.9. The Morgan fingerprint density at radius 1 is 1.30 bits per heavy atom. The molecule has 124 valence electrons. The number of aryl methyl sites for hydroxylation is 1. The first-order chi connectivity index (χ1) is 10.9. The predicted octanol–water partition coefficient (Wildman–Crippen LogP) is 2.29. The molecule has 0 aliphatic carbocycles. The van der Waals surface area contributed by atoms with E-state index >= 15 is 0 Å². The van der Waals surface area contributed by atoms with Crippen LogP contribution in [0.5, 0.6) is 5.75 Å². The van der Waals surface area contributed by atoms with Gasteiger partial charge in [0.25, 0.3) is 0 Å². The van der Waals surface area contributed by atoms with Gasteiger partial charge >= 0.3 is 0 Å². The van der Waals surface area contributed by atoms with Crippen LogP contribution >= 0.6 is 0 Å². The summed E-state index contributed by atoms with van der Waals surface area (Å²) in [5.74, 6) is 0.996. The number of benzene rings is 1. The number of aromatic nitrogens is 2. The summed E-state index contributed by atoms with van der Waals surface area (Å²) in [5, 5.41) is 6.53. The van der Waals surface area contributed by atoms with Crippen LogP contribution in [0.1, 0.15) is 30.5 Å². The van der Waals surface area contributed by atoms with Crippen LogP contribution in [-0.4, -0.2) is 42.6 Å². The van der Waals surface area contributed by atoms with Crippen molar-refractivity contribution in [2.45, 2.75) is 37.1 Å². The molecular formula is C16H21N3O3S. The van der Waals surface area contributed by atoms with Crippen molar-refractivity contribution in [3.05, 3.63) is 41.7 Å². The highest BCUT2D eigenvalue weighted by molar-refractivity contribution is 7.89. The largest absolute Gasteiger partial charge is 0.497 e. The molecule has 0 bridgehead atoms. The first-order valence-corrected chi connectivity index (χ1v) is 9.03. The molecule has 2 heterocycles. The van der Waals surface area contributed by atoms with E-state index in [1.807, 2.05) is 31.2 Å². The van der Waals surface area contributed by atoms with Crippen molar-refractivity contribution in [1.29, 1.82) is 0 Å². The molecule has 1 aromatic heterocycles. The van der Waals surface area contributed by atoms with Crippen LogP contribution in [0.3, 0.4) is 0 Å². The Hall–Kier alpha value is -1.86. The zero-order valence-electron chi connectivity index (χ0n) is 13.5. The van der Waals surface area contributed by atoms with E-state index in [2.05, 4.69) is 10.2 Å². The average Bonchev–Trinajstić information content (AvgIpc) is 3.14. The zero-order valence-corrected chi connectivity index (χ0v) is 14.3. The fraction of sp³-hybridized carbons (Fsp3) is 0.438. The molecule has 0 radical (unpaired) electrons. The molecule has 23 heavy (non-hydrogen) atoms. The molecule has 7 heteroatoms. The lowest BCUT2D eigenvalue weighted by Crippen LogP contribution is -2.34. The van der Waals surface area contributed by atoms with Crippen LogP contribution in [0, 0.1) is 6.92 Å². The average molecular weight is 335 g/mol. The molecule has 0 spiro atoms. The standard InChI is InChI=1S/C16H21N3O3S/c1-11-8-14(13-4-6-15(22-3)7-5-13)10-19(11)23(20,21)16-9-17-18-12(16)2/h4-7,9,11,14H,8,10H2,1-3H3,(H,17,18)/t11-,14+/m0/s1. The first-order valence-electron chi connectivity index (χ1n) is 7.59. The van der Waals surface area contributed by atoms with Crippen molar-refractivity contribution in [2.24, 2.45) is 0 Å². The molecule has 2 aromatic rings. The van der Waals surface area contributed by atoms with E-state index in [9.17, 15) is 8.42 Å². The van der Waals surface area contributed by atoms with E-state index in [0.29, 0.717) is 12.2 Å². The Balaban J connectivity index is 1.85. The second kappa shape index (κ2) is 5.98. The van der Waals surface area contributed by atoms with Gasteiger partial charge in [0, 0.05) is 12.6 Å². The summed E-state index contributed by atoms with van der Waals surface area (Å²) in [5.41, 5.74) is 1.71. The number of nitrogens with zero attached hydrogens (tertiary/aromatic N) is 2. The molecule has 1 aliphatic heterocycles. The summed E-state index contributed by atoms with van der Waals surface area (Å²) in [6.45, 7) is 4.17. The number of aromatic amines is 1. The molecule has 1 saturated heterocycles. The Kier molecular flexibility index (Phi) is 4.16. The second-order valence-corrected chi connectivity index (χ2v) is 7.85. The fourth-order valence-electron chi connectivity index (χ4n) is 3.18. The maximum absolute atomic E-state index is 12.9. The number of hydrogen-bond acceptors (Lipinski definition) is 4. The fourth-order valence-corrected chi connectivity index (χ4v) is 4.99. The minimum absolute atomic E-state index is 0.0404. The van der Waals surface area contributed by atoms with E-state index in [1.165, 1.54) is 6.20 Å². The highest BCUT2D eigenvalue weighted by Gasteiger charge is 2.39. The SMILES string of the molecule is COc1ccc([C@@H]2C[C@H](C)N(S(=O)(=O)c3cn[nH]c3C)C2)cc1. The van der Waals surface area contributed by atoms with Crippen LogP contribution in [0.4, 0.5) is 0 Å². The number of sulfonamides is 1. The lowest BCUT2D eigenvalue weighted by Gasteiger charge is -2.20. The van der Waals surface area contributed by atoms with Crippen molar-refractivity contribution in [3.63, 3.8) is 0 Å². The summed E-state index contributed by atoms with van der Waals surface area (Å²) in [6, 6.07) is 7.81. The van der Waals surface area contributed by atoms with Crippen molar-refractivity contribution in [1.82, 2.24) is 14.5 Å². The Bertz CT molecular complexity index is 783. The third-order valence-corrected chi connectivity index (χ3v) is 6.57. The molecule has 0 amide bonds. The molecule has 2 atom stereocenters. The number of rotatable bonds is 4. The van der Waals surface area contributed by atoms with Crippen LogP contribution in [0.15, 0.2) is 35.4 Å². The predicted molar refractivity (Wildman–Crippen MR) is 87.0 cm³/mol. The third-order valence-electron chi connectivity index (χ3n) is 4.48. The van der Waals surface area contributed by atoms with Gasteiger partial charge in [0.1, 0.15) is 10.6 Å². The van der Waals surface area contributed by atoms with Crippen LogP contribution in [-0.2, 0) is 10.0 Å². The molecule has 0 unspecified atom stereocenters. The highest BCUT2D eigenvalue weighted by Crippen LogP contribution is 2.36. The molecule has 1 N–H and O–H groups in total. The molecule has 1 aliphatic rings. The van der Waals surface area contributed by atoms with Gasteiger partial charge in [0.15, 0.2) is 0 Å². The minimum Gasteiger partial charge on any atom is -0.497 e. The van der Waals surface area contributed by atoms with Gasteiger partial charge < -0.3 is 4.74 Å². The summed E-state index contributed by atoms with van der Waals surface area (Å²) in [7, 11) is -1.88.